The van der Waals surface area contributed by atoms with Crippen LogP contribution in [0.4, 0.5) is 0 Å². The quantitative estimate of drug-likeness (QED) is 0.253. The van der Waals surface area contributed by atoms with Crippen LogP contribution in [0.3, 0.4) is 0 Å². The molecule has 2 bridgehead atoms. The fourth-order valence-corrected chi connectivity index (χ4v) is 4.35. The minimum Gasteiger partial charge on any atom is -0.364 e. The van der Waals surface area contributed by atoms with Gasteiger partial charge in [0.1, 0.15) is 12.0 Å². The maximum absolute atomic E-state index is 12.6. The van der Waals surface area contributed by atoms with Gasteiger partial charge in [-0.2, -0.15) is 0 Å². The van der Waals surface area contributed by atoms with Gasteiger partial charge in [-0.05, 0) is 24.7 Å². The Hall–Kier alpha value is -2.64. The average Bonchev–Trinajstić information content (AvgIpc) is 3.42. The molecule has 1 aliphatic heterocycles. The third kappa shape index (κ3) is 2.89. The van der Waals surface area contributed by atoms with Gasteiger partial charge in [0.2, 0.25) is 11.8 Å². The number of guanidine groups is 1. The Balaban J connectivity index is 1.22. The van der Waals surface area contributed by atoms with Crippen molar-refractivity contribution in [3.05, 3.63) is 30.2 Å². The summed E-state index contributed by atoms with van der Waals surface area (Å²) in [6.07, 6.45) is 7.41. The summed E-state index contributed by atoms with van der Waals surface area (Å²) in [7, 11) is 1.69. The van der Waals surface area contributed by atoms with Gasteiger partial charge in [0, 0.05) is 26.2 Å². The fourth-order valence-electron chi connectivity index (χ4n) is 4.35. The van der Waals surface area contributed by atoms with Crippen molar-refractivity contribution in [1.82, 2.24) is 20.7 Å². The molecule has 1 saturated heterocycles. The molecule has 4 atom stereocenters. The number of carbonyl (C=O) groups excluding carboxylic acids is 2. The highest BCUT2D eigenvalue weighted by Gasteiger charge is 2.58. The van der Waals surface area contributed by atoms with E-state index in [-0.39, 0.29) is 35.5 Å². The van der Waals surface area contributed by atoms with Crippen molar-refractivity contribution in [2.75, 3.05) is 20.1 Å². The van der Waals surface area contributed by atoms with Gasteiger partial charge in [0.15, 0.2) is 5.96 Å². The van der Waals surface area contributed by atoms with Crippen LogP contribution in [0.15, 0.2) is 34.0 Å². The Morgan fingerprint density at radius 1 is 1.27 bits per heavy atom. The van der Waals surface area contributed by atoms with Crippen LogP contribution in [-0.4, -0.2) is 48.0 Å². The van der Waals surface area contributed by atoms with Crippen LogP contribution < -0.4 is 10.6 Å². The van der Waals surface area contributed by atoms with E-state index in [0.29, 0.717) is 32.0 Å². The SMILES string of the molecule is CN=C(NCCCN1C(=O)C2C3C=CC(C3)C2C1=O)NCc1ccon1. The normalized spacial score (nSPS) is 29.6. The smallest absolute Gasteiger partial charge is 0.233 e. The molecule has 8 nitrogen and oxygen atoms in total. The minimum absolute atomic E-state index is 0.0189. The summed E-state index contributed by atoms with van der Waals surface area (Å²) in [5, 5.41) is 10.1. The lowest BCUT2D eigenvalue weighted by Gasteiger charge is -2.17. The first-order valence-corrected chi connectivity index (χ1v) is 9.06. The molecular formula is C18H23N5O3. The second-order valence-electron chi connectivity index (χ2n) is 7.02. The third-order valence-electron chi connectivity index (χ3n) is 5.56. The molecule has 2 aliphatic carbocycles. The van der Waals surface area contributed by atoms with Crippen LogP contribution in [0.1, 0.15) is 18.5 Å². The van der Waals surface area contributed by atoms with Crippen molar-refractivity contribution in [1.29, 1.82) is 0 Å². The van der Waals surface area contributed by atoms with E-state index >= 15 is 0 Å². The summed E-state index contributed by atoms with van der Waals surface area (Å²) in [6, 6.07) is 1.78. The summed E-state index contributed by atoms with van der Waals surface area (Å²) in [5.41, 5.74) is 0.788. The first-order valence-electron chi connectivity index (χ1n) is 9.06. The van der Waals surface area contributed by atoms with E-state index in [4.69, 9.17) is 4.52 Å². The largest absolute Gasteiger partial charge is 0.364 e. The van der Waals surface area contributed by atoms with Crippen LogP contribution in [-0.2, 0) is 16.1 Å². The standard InChI is InChI=1S/C18H23N5O3/c1-19-18(21-10-13-5-8-26-22-13)20-6-2-7-23-16(24)14-11-3-4-12(9-11)15(14)17(23)25/h3-5,8,11-12,14-15H,2,6-7,9-10H2,1H3,(H2,19,20,21). The monoisotopic (exact) mass is 357 g/mol. The second-order valence-corrected chi connectivity index (χ2v) is 7.02. The topological polar surface area (TPSA) is 99.8 Å². The summed E-state index contributed by atoms with van der Waals surface area (Å²) < 4.78 is 4.78. The highest BCUT2D eigenvalue weighted by Crippen LogP contribution is 2.52. The molecule has 1 saturated carbocycles. The number of aromatic nitrogens is 1. The van der Waals surface area contributed by atoms with E-state index in [0.717, 1.165) is 12.1 Å². The summed E-state index contributed by atoms with van der Waals surface area (Å²) in [4.78, 5) is 30.8. The van der Waals surface area contributed by atoms with Crippen LogP contribution in [0.2, 0.25) is 0 Å². The summed E-state index contributed by atoms with van der Waals surface area (Å²) in [5.74, 6) is 1.000. The van der Waals surface area contributed by atoms with E-state index in [1.54, 1.807) is 13.1 Å². The zero-order chi connectivity index (χ0) is 18.1. The van der Waals surface area contributed by atoms with Gasteiger partial charge in [0.25, 0.3) is 0 Å². The summed E-state index contributed by atoms with van der Waals surface area (Å²) in [6.45, 7) is 1.59. The maximum Gasteiger partial charge on any atom is 0.233 e. The van der Waals surface area contributed by atoms with Crippen molar-refractivity contribution in [2.45, 2.75) is 19.4 Å². The molecule has 1 aromatic heterocycles. The van der Waals surface area contributed by atoms with E-state index in [2.05, 4.69) is 32.9 Å². The number of nitrogens with one attached hydrogen (secondary N) is 2. The van der Waals surface area contributed by atoms with Crippen molar-refractivity contribution in [2.24, 2.45) is 28.7 Å². The van der Waals surface area contributed by atoms with E-state index in [1.165, 1.54) is 11.2 Å². The fraction of sp³-hybridized carbons (Fsp3) is 0.556. The first kappa shape index (κ1) is 16.8. The second kappa shape index (κ2) is 6.93. The number of likely N-dealkylation sites (tertiary alicyclic amines) is 1. The molecule has 1 aromatic rings. The predicted octanol–water partition coefficient (Wildman–Crippen LogP) is 0.537. The zero-order valence-corrected chi connectivity index (χ0v) is 14.7. The van der Waals surface area contributed by atoms with Gasteiger partial charge < -0.3 is 15.2 Å². The number of carbonyl (C=O) groups is 2. The number of amides is 2. The molecule has 138 valence electrons. The number of hydrogen-bond donors (Lipinski definition) is 2. The van der Waals surface area contributed by atoms with Gasteiger partial charge >= 0.3 is 0 Å². The molecule has 4 unspecified atom stereocenters. The molecule has 2 N–H and O–H groups in total. The Bertz CT molecular complexity index is 712. The molecule has 2 amide bonds. The number of imide groups is 1. The molecule has 0 radical (unpaired) electrons. The van der Waals surface area contributed by atoms with Gasteiger partial charge in [-0.3, -0.25) is 19.5 Å². The number of hydrogen-bond acceptors (Lipinski definition) is 5. The lowest BCUT2D eigenvalue weighted by atomic mass is 9.85. The molecule has 3 aliphatic rings. The van der Waals surface area contributed by atoms with E-state index in [9.17, 15) is 9.59 Å². The Labute approximate surface area is 151 Å². The lowest BCUT2D eigenvalue weighted by Crippen LogP contribution is -2.39. The van der Waals surface area contributed by atoms with Crippen molar-refractivity contribution in [3.63, 3.8) is 0 Å². The van der Waals surface area contributed by atoms with Gasteiger partial charge in [0.05, 0.1) is 18.4 Å². The Morgan fingerprint density at radius 2 is 2.00 bits per heavy atom. The lowest BCUT2D eigenvalue weighted by molar-refractivity contribution is -0.140. The average molecular weight is 357 g/mol. The third-order valence-corrected chi connectivity index (χ3v) is 5.56. The molecule has 0 aromatic carbocycles. The Kier molecular flexibility index (Phi) is 4.48. The molecule has 26 heavy (non-hydrogen) atoms. The van der Waals surface area contributed by atoms with Gasteiger partial charge in [-0.25, -0.2) is 0 Å². The van der Waals surface area contributed by atoms with Gasteiger partial charge in [-0.1, -0.05) is 17.3 Å². The number of rotatable bonds is 6. The van der Waals surface area contributed by atoms with Crippen molar-refractivity contribution < 1.29 is 14.1 Å². The van der Waals surface area contributed by atoms with Crippen LogP contribution in [0.5, 0.6) is 0 Å². The first-order chi connectivity index (χ1) is 12.7. The van der Waals surface area contributed by atoms with E-state index < -0.39 is 0 Å². The van der Waals surface area contributed by atoms with Crippen molar-refractivity contribution >= 4 is 17.8 Å². The maximum atomic E-state index is 12.6. The van der Waals surface area contributed by atoms with E-state index in [1.807, 2.05) is 0 Å². The number of fused-ring (bicyclic) bond motifs is 5. The summed E-state index contributed by atoms with van der Waals surface area (Å²) >= 11 is 0. The molecule has 0 spiro atoms. The molecule has 2 heterocycles. The highest BCUT2D eigenvalue weighted by molar-refractivity contribution is 6.06. The van der Waals surface area contributed by atoms with Crippen LogP contribution in [0, 0.1) is 23.7 Å². The molecule has 8 heteroatoms. The predicted molar refractivity (Wildman–Crippen MR) is 93.8 cm³/mol. The Morgan fingerprint density at radius 3 is 2.62 bits per heavy atom. The van der Waals surface area contributed by atoms with Crippen LogP contribution in [0.25, 0.3) is 0 Å². The molecule has 4 rings (SSSR count). The number of allylic oxidation sites excluding steroid dienone is 2. The van der Waals surface area contributed by atoms with Crippen LogP contribution >= 0.6 is 0 Å². The minimum atomic E-state index is -0.109. The molecular weight excluding hydrogens is 334 g/mol. The molecule has 2 fully saturated rings. The number of aliphatic imine (C=N–C) groups is 1. The zero-order valence-electron chi connectivity index (χ0n) is 14.7. The van der Waals surface area contributed by atoms with Crippen molar-refractivity contribution in [3.8, 4) is 0 Å². The number of nitrogens with zero attached hydrogens (tertiary/aromatic N) is 3. The highest BCUT2D eigenvalue weighted by atomic mass is 16.5. The van der Waals surface area contributed by atoms with Gasteiger partial charge in [-0.15, -0.1) is 0 Å².